The number of piperidine rings is 1. The number of carbonyl (C=O) groups excluding carboxylic acids is 3. The fourth-order valence-electron chi connectivity index (χ4n) is 6.96. The van der Waals surface area contributed by atoms with E-state index in [2.05, 4.69) is 25.4 Å². The van der Waals surface area contributed by atoms with Crippen LogP contribution in [0.25, 0.3) is 22.1 Å². The Morgan fingerprint density at radius 1 is 0.731 bits per heavy atom. The number of hydrogen-bond donors (Lipinski definition) is 4. The molecular weight excluding hydrogens is 662 g/mol. The molecule has 0 atom stereocenters. The number of nitrogens with zero attached hydrogens (tertiary/aromatic N) is 9. The van der Waals surface area contributed by atoms with Crippen molar-refractivity contribution in [2.45, 2.75) is 66.7 Å². The quantitative estimate of drug-likeness (QED) is 0.145. The van der Waals surface area contributed by atoms with Gasteiger partial charge < -0.3 is 36.1 Å². The number of aromatic nitrogens is 8. The van der Waals surface area contributed by atoms with Crippen LogP contribution in [0.15, 0.2) is 48.5 Å². The molecule has 3 amide bonds. The monoisotopic (exact) mass is 705 g/mol. The number of nitrogens with two attached hydrogens (primary N) is 2. The van der Waals surface area contributed by atoms with Gasteiger partial charge in [-0.1, -0.05) is 0 Å². The SMILES string of the molecule is CCn1nc(C)cc1Nc1nc2cc(C(N)=O)ccc2n1CC(=O)N1CCC(Cn2c(Nc3cc(C)nn3CC)nc3cc(C(N)=O)ccc32)CC1. The highest BCUT2D eigenvalue weighted by Gasteiger charge is 2.27. The lowest BCUT2D eigenvalue weighted by atomic mass is 9.96. The molecule has 4 aromatic heterocycles. The van der Waals surface area contributed by atoms with Crippen molar-refractivity contribution in [3.05, 3.63) is 71.0 Å². The molecule has 1 saturated heterocycles. The molecule has 52 heavy (non-hydrogen) atoms. The Balaban J connectivity index is 1.10. The Labute approximate surface area is 299 Å². The molecule has 16 nitrogen and oxygen atoms in total. The van der Waals surface area contributed by atoms with Crippen molar-refractivity contribution in [2.75, 3.05) is 23.7 Å². The lowest BCUT2D eigenvalue weighted by Crippen LogP contribution is -2.41. The van der Waals surface area contributed by atoms with E-state index in [0.717, 1.165) is 41.4 Å². The van der Waals surface area contributed by atoms with Crippen molar-refractivity contribution in [1.29, 1.82) is 0 Å². The van der Waals surface area contributed by atoms with Gasteiger partial charge in [0.25, 0.3) is 0 Å². The predicted octanol–water partition coefficient (Wildman–Crippen LogP) is 4.06. The number of imidazole rings is 2. The van der Waals surface area contributed by atoms with Gasteiger partial charge in [-0.25, -0.2) is 19.3 Å². The number of benzene rings is 2. The largest absolute Gasteiger partial charge is 0.366 e. The van der Waals surface area contributed by atoms with Crippen LogP contribution in [0.4, 0.5) is 23.5 Å². The van der Waals surface area contributed by atoms with Gasteiger partial charge in [0.05, 0.1) is 33.5 Å². The molecule has 5 heterocycles. The molecular formula is C36H43N13O3. The standard InChI is InChI=1S/C36H43N13O3/c1-5-48-30(15-21(3)43-48)41-35-39-26-17-24(33(37)51)7-9-28(26)46(35)19-23-11-13-45(14-12-23)32(50)20-47-29-10-8-25(34(38)52)18-27(29)40-36(47)42-31-16-22(4)44-49(31)6-2/h7-10,15-18,23H,5-6,11-14,19-20H2,1-4H3,(H2,37,51)(H2,38,52)(H,39,41)(H,40,42). The zero-order chi connectivity index (χ0) is 36.7. The van der Waals surface area contributed by atoms with E-state index in [1.54, 1.807) is 30.3 Å². The van der Waals surface area contributed by atoms with E-state index >= 15 is 0 Å². The van der Waals surface area contributed by atoms with E-state index < -0.39 is 11.8 Å². The molecule has 6 aromatic rings. The molecule has 1 fully saturated rings. The molecule has 0 spiro atoms. The summed E-state index contributed by atoms with van der Waals surface area (Å²) in [6.45, 7) is 11.2. The second-order valence-corrected chi connectivity index (χ2v) is 13.3. The molecule has 0 saturated carbocycles. The summed E-state index contributed by atoms with van der Waals surface area (Å²) in [5.74, 6) is 1.89. The number of amides is 3. The smallest absolute Gasteiger partial charge is 0.248 e. The summed E-state index contributed by atoms with van der Waals surface area (Å²) >= 11 is 0. The highest BCUT2D eigenvalue weighted by Crippen LogP contribution is 2.30. The number of fused-ring (bicyclic) bond motifs is 2. The van der Waals surface area contributed by atoms with Gasteiger partial charge in [0.15, 0.2) is 0 Å². The van der Waals surface area contributed by atoms with Crippen LogP contribution in [0, 0.1) is 19.8 Å². The maximum Gasteiger partial charge on any atom is 0.248 e. The number of nitrogens with one attached hydrogen (secondary N) is 2. The summed E-state index contributed by atoms with van der Waals surface area (Å²) in [5, 5.41) is 15.9. The second-order valence-electron chi connectivity index (χ2n) is 13.3. The van der Waals surface area contributed by atoms with Crippen molar-refractivity contribution >= 4 is 63.3 Å². The molecule has 7 rings (SSSR count). The normalized spacial score (nSPS) is 13.7. The number of rotatable bonds is 12. The van der Waals surface area contributed by atoms with Crippen LogP contribution in [0.2, 0.25) is 0 Å². The lowest BCUT2D eigenvalue weighted by Gasteiger charge is -2.32. The Morgan fingerprint density at radius 2 is 1.21 bits per heavy atom. The van der Waals surface area contributed by atoms with Crippen LogP contribution in [0.3, 0.4) is 0 Å². The fourth-order valence-corrected chi connectivity index (χ4v) is 6.96. The molecule has 16 heteroatoms. The minimum Gasteiger partial charge on any atom is -0.366 e. The first-order valence-corrected chi connectivity index (χ1v) is 17.5. The average molecular weight is 706 g/mol. The minimum atomic E-state index is -0.547. The molecule has 0 radical (unpaired) electrons. The van der Waals surface area contributed by atoms with Gasteiger partial charge in [0, 0.05) is 56.0 Å². The van der Waals surface area contributed by atoms with Crippen LogP contribution < -0.4 is 22.1 Å². The van der Waals surface area contributed by atoms with E-state index in [-0.39, 0.29) is 18.4 Å². The van der Waals surface area contributed by atoms with Gasteiger partial charge in [0.1, 0.15) is 18.2 Å². The van der Waals surface area contributed by atoms with Gasteiger partial charge in [-0.2, -0.15) is 10.2 Å². The summed E-state index contributed by atoms with van der Waals surface area (Å²) in [6.07, 6.45) is 1.59. The minimum absolute atomic E-state index is 0.0300. The third kappa shape index (κ3) is 6.66. The van der Waals surface area contributed by atoms with Crippen molar-refractivity contribution in [3.63, 3.8) is 0 Å². The molecule has 270 valence electrons. The highest BCUT2D eigenvalue weighted by atomic mass is 16.2. The third-order valence-electron chi connectivity index (χ3n) is 9.65. The van der Waals surface area contributed by atoms with Crippen molar-refractivity contribution in [2.24, 2.45) is 17.4 Å². The van der Waals surface area contributed by atoms with Gasteiger partial charge in [-0.3, -0.25) is 14.4 Å². The zero-order valence-corrected chi connectivity index (χ0v) is 29.8. The first kappa shape index (κ1) is 34.3. The number of primary amides is 2. The molecule has 2 aromatic carbocycles. The van der Waals surface area contributed by atoms with Crippen LogP contribution in [-0.2, 0) is 31.0 Å². The molecule has 0 aliphatic carbocycles. The Hall–Kier alpha value is -6.19. The van der Waals surface area contributed by atoms with E-state index in [9.17, 15) is 14.4 Å². The number of hydrogen-bond acceptors (Lipinski definition) is 9. The summed E-state index contributed by atoms with van der Waals surface area (Å²) in [5.41, 5.74) is 16.4. The number of aryl methyl sites for hydroxylation is 4. The van der Waals surface area contributed by atoms with Gasteiger partial charge >= 0.3 is 0 Å². The lowest BCUT2D eigenvalue weighted by molar-refractivity contribution is -0.133. The predicted molar refractivity (Wildman–Crippen MR) is 198 cm³/mol. The third-order valence-corrected chi connectivity index (χ3v) is 9.65. The van der Waals surface area contributed by atoms with Crippen molar-refractivity contribution in [1.82, 2.24) is 43.6 Å². The molecule has 1 aliphatic heterocycles. The van der Waals surface area contributed by atoms with Crippen LogP contribution in [0.1, 0.15) is 58.8 Å². The zero-order valence-electron chi connectivity index (χ0n) is 29.8. The maximum absolute atomic E-state index is 13.9. The summed E-state index contributed by atoms with van der Waals surface area (Å²) in [7, 11) is 0. The first-order chi connectivity index (χ1) is 25.0. The van der Waals surface area contributed by atoms with Gasteiger partial charge in [-0.15, -0.1) is 0 Å². The van der Waals surface area contributed by atoms with Gasteiger partial charge in [0.2, 0.25) is 29.6 Å². The van der Waals surface area contributed by atoms with Crippen LogP contribution in [-0.4, -0.2) is 74.4 Å². The van der Waals surface area contributed by atoms with E-state index in [1.807, 2.05) is 64.7 Å². The second kappa shape index (κ2) is 13.8. The topological polar surface area (TPSA) is 202 Å². The fraction of sp³-hybridized carbons (Fsp3) is 0.361. The summed E-state index contributed by atoms with van der Waals surface area (Å²) < 4.78 is 7.71. The van der Waals surface area contributed by atoms with E-state index in [0.29, 0.717) is 72.3 Å². The molecule has 6 N–H and O–H groups in total. The number of anilines is 4. The van der Waals surface area contributed by atoms with E-state index in [4.69, 9.17) is 21.4 Å². The highest BCUT2D eigenvalue weighted by molar-refractivity contribution is 5.97. The van der Waals surface area contributed by atoms with Crippen molar-refractivity contribution < 1.29 is 14.4 Å². The van der Waals surface area contributed by atoms with Crippen LogP contribution >= 0.6 is 0 Å². The molecule has 1 aliphatic rings. The Morgan fingerprint density at radius 3 is 1.69 bits per heavy atom. The molecule has 0 bridgehead atoms. The average Bonchev–Trinajstić information content (AvgIpc) is 3.87. The maximum atomic E-state index is 13.9. The Bertz CT molecular complexity index is 2320. The van der Waals surface area contributed by atoms with Crippen molar-refractivity contribution in [3.8, 4) is 0 Å². The molecule has 0 unspecified atom stereocenters. The van der Waals surface area contributed by atoms with Gasteiger partial charge in [-0.05, 0) is 82.9 Å². The first-order valence-electron chi connectivity index (χ1n) is 17.5. The Kier molecular flexibility index (Phi) is 9.13. The van der Waals surface area contributed by atoms with Crippen LogP contribution in [0.5, 0.6) is 0 Å². The number of likely N-dealkylation sites (tertiary alicyclic amines) is 1. The summed E-state index contributed by atoms with van der Waals surface area (Å²) in [6, 6.07) is 14.3. The number of carbonyl (C=O) groups is 3. The summed E-state index contributed by atoms with van der Waals surface area (Å²) in [4.78, 5) is 49.3. The van der Waals surface area contributed by atoms with E-state index in [1.165, 1.54) is 0 Å².